The minimum absolute atomic E-state index is 0.102. The van der Waals surface area contributed by atoms with Gasteiger partial charge < -0.3 is 15.5 Å². The summed E-state index contributed by atoms with van der Waals surface area (Å²) >= 11 is 0. The Balaban J connectivity index is 1.97. The number of nitrogens with one attached hydrogen (secondary N) is 2. The van der Waals surface area contributed by atoms with E-state index >= 15 is 0 Å². The van der Waals surface area contributed by atoms with Crippen LogP contribution in [0.25, 0.3) is 0 Å². The van der Waals surface area contributed by atoms with Gasteiger partial charge in [-0.1, -0.05) is 36.7 Å². The van der Waals surface area contributed by atoms with Crippen LogP contribution in [-0.2, 0) is 14.4 Å². The molecule has 0 unspecified atom stereocenters. The van der Waals surface area contributed by atoms with E-state index in [0.717, 1.165) is 6.42 Å². The minimum Gasteiger partial charge on any atom is -0.399 e. The maximum Gasteiger partial charge on any atom is 0.319 e. The summed E-state index contributed by atoms with van der Waals surface area (Å²) < 4.78 is 0. The van der Waals surface area contributed by atoms with E-state index < -0.39 is 18.0 Å². The van der Waals surface area contributed by atoms with Gasteiger partial charge in [0.15, 0.2) is 11.6 Å². The molecule has 2 amide bonds. The van der Waals surface area contributed by atoms with Gasteiger partial charge in [0.05, 0.1) is 5.71 Å². The number of nitrogens with zero attached hydrogens (tertiary/aromatic N) is 1. The lowest BCUT2D eigenvalue weighted by atomic mass is 9.80. The largest absolute Gasteiger partial charge is 0.399 e. The van der Waals surface area contributed by atoms with Crippen LogP contribution in [0.15, 0.2) is 35.5 Å². The number of benzene rings is 1. The third kappa shape index (κ3) is 5.14. The predicted octanol–water partition coefficient (Wildman–Crippen LogP) is 2.53. The summed E-state index contributed by atoms with van der Waals surface area (Å²) in [5.74, 6) is -1.31. The molecule has 0 heterocycles. The quantitative estimate of drug-likeness (QED) is 0.470. The molecule has 134 valence electrons. The summed E-state index contributed by atoms with van der Waals surface area (Å²) in [4.78, 5) is 41.6. The molecule has 2 rings (SSSR count). The Kier molecular flexibility index (Phi) is 6.68. The SMILES string of the molecule is CCC/C(=N/OC)C1C(=O)CC(NC(=O)Nc2ccccc2)CC1=O. The molecule has 0 spiro atoms. The molecule has 1 aliphatic carbocycles. The zero-order chi connectivity index (χ0) is 18.2. The van der Waals surface area contributed by atoms with Gasteiger partial charge in [-0.15, -0.1) is 0 Å². The van der Waals surface area contributed by atoms with Gasteiger partial charge in [-0.05, 0) is 18.6 Å². The number of para-hydroxylation sites is 1. The normalized spacial score (nSPS) is 21.0. The number of hydrogen-bond donors (Lipinski definition) is 2. The Hall–Kier alpha value is -2.70. The molecule has 1 saturated carbocycles. The second kappa shape index (κ2) is 8.96. The molecule has 1 aromatic carbocycles. The molecular formula is C18H23N3O4. The Morgan fingerprint density at radius 3 is 2.40 bits per heavy atom. The second-order valence-corrected chi connectivity index (χ2v) is 5.95. The number of oxime groups is 1. The molecule has 1 aliphatic rings. The third-order valence-corrected chi connectivity index (χ3v) is 3.95. The van der Waals surface area contributed by atoms with Crippen LogP contribution in [0.2, 0.25) is 0 Å². The molecule has 0 aromatic heterocycles. The molecule has 7 heteroatoms. The van der Waals surface area contributed by atoms with Crippen molar-refractivity contribution in [3.8, 4) is 0 Å². The highest BCUT2D eigenvalue weighted by atomic mass is 16.6. The first kappa shape index (κ1) is 18.6. The van der Waals surface area contributed by atoms with E-state index in [1.54, 1.807) is 24.3 Å². The zero-order valence-electron chi connectivity index (χ0n) is 14.5. The fourth-order valence-electron chi connectivity index (χ4n) is 2.94. The second-order valence-electron chi connectivity index (χ2n) is 5.95. The first-order valence-electron chi connectivity index (χ1n) is 8.33. The van der Waals surface area contributed by atoms with Crippen molar-refractivity contribution in [2.24, 2.45) is 11.1 Å². The van der Waals surface area contributed by atoms with Crippen molar-refractivity contribution < 1.29 is 19.2 Å². The molecule has 1 fully saturated rings. The molecule has 7 nitrogen and oxygen atoms in total. The summed E-state index contributed by atoms with van der Waals surface area (Å²) in [6, 6.07) is 8.02. The van der Waals surface area contributed by atoms with Crippen LogP contribution in [0.5, 0.6) is 0 Å². The highest BCUT2D eigenvalue weighted by Gasteiger charge is 2.39. The van der Waals surface area contributed by atoms with Crippen molar-refractivity contribution in [2.75, 3.05) is 12.4 Å². The average molecular weight is 345 g/mol. The van der Waals surface area contributed by atoms with Crippen LogP contribution < -0.4 is 10.6 Å². The summed E-state index contributed by atoms with van der Waals surface area (Å²) in [7, 11) is 1.39. The topological polar surface area (TPSA) is 96.9 Å². The summed E-state index contributed by atoms with van der Waals surface area (Å²) in [6.07, 6.45) is 1.50. The Bertz CT molecular complexity index is 640. The van der Waals surface area contributed by atoms with E-state index in [0.29, 0.717) is 17.8 Å². The van der Waals surface area contributed by atoms with Gasteiger partial charge in [-0.3, -0.25) is 9.59 Å². The number of carbonyl (C=O) groups excluding carboxylic acids is 3. The monoisotopic (exact) mass is 345 g/mol. The van der Waals surface area contributed by atoms with Crippen molar-refractivity contribution in [2.45, 2.75) is 38.6 Å². The number of urea groups is 1. The number of hydrogen-bond acceptors (Lipinski definition) is 5. The molecule has 1 aromatic rings. The Morgan fingerprint density at radius 1 is 1.20 bits per heavy atom. The van der Waals surface area contributed by atoms with Gasteiger partial charge in [0.2, 0.25) is 0 Å². The van der Waals surface area contributed by atoms with Crippen LogP contribution in [0.3, 0.4) is 0 Å². The third-order valence-electron chi connectivity index (χ3n) is 3.95. The van der Waals surface area contributed by atoms with E-state index in [4.69, 9.17) is 4.84 Å². The molecule has 0 radical (unpaired) electrons. The molecule has 0 atom stereocenters. The van der Waals surface area contributed by atoms with Gasteiger partial charge >= 0.3 is 6.03 Å². The van der Waals surface area contributed by atoms with Gasteiger partial charge in [-0.25, -0.2) is 4.79 Å². The zero-order valence-corrected chi connectivity index (χ0v) is 14.5. The van der Waals surface area contributed by atoms with E-state index in [2.05, 4.69) is 15.8 Å². The standard InChI is InChI=1S/C18H23N3O4/c1-3-7-14(21-25-2)17-15(22)10-13(11-16(17)23)20-18(24)19-12-8-5-4-6-9-12/h4-6,8-9,13,17H,3,7,10-11H2,1-2H3,(H2,19,20,24)/b21-14-. The molecular weight excluding hydrogens is 322 g/mol. The summed E-state index contributed by atoms with van der Waals surface area (Å²) in [5.41, 5.74) is 1.11. The van der Waals surface area contributed by atoms with Gasteiger partial charge in [0, 0.05) is 24.6 Å². The fraction of sp³-hybridized carbons (Fsp3) is 0.444. The first-order valence-corrected chi connectivity index (χ1v) is 8.33. The van der Waals surface area contributed by atoms with E-state index in [1.807, 2.05) is 13.0 Å². The number of Topliss-reactive ketones (excluding diaryl/α,β-unsaturated/α-hetero) is 2. The maximum atomic E-state index is 12.4. The highest BCUT2D eigenvalue weighted by Crippen LogP contribution is 2.22. The van der Waals surface area contributed by atoms with E-state index in [1.165, 1.54) is 7.11 Å². The fourth-order valence-corrected chi connectivity index (χ4v) is 2.94. The van der Waals surface area contributed by atoms with Gasteiger partial charge in [-0.2, -0.15) is 0 Å². The molecule has 25 heavy (non-hydrogen) atoms. The average Bonchev–Trinajstić information content (AvgIpc) is 2.55. The number of anilines is 1. The molecule has 0 aliphatic heterocycles. The number of ketones is 2. The van der Waals surface area contributed by atoms with Crippen molar-refractivity contribution in [3.05, 3.63) is 30.3 Å². The van der Waals surface area contributed by atoms with E-state index in [9.17, 15) is 14.4 Å². The van der Waals surface area contributed by atoms with Crippen LogP contribution >= 0.6 is 0 Å². The number of rotatable bonds is 6. The van der Waals surface area contributed by atoms with Crippen LogP contribution in [0, 0.1) is 5.92 Å². The lowest BCUT2D eigenvalue weighted by molar-refractivity contribution is -0.133. The van der Waals surface area contributed by atoms with Crippen LogP contribution in [0.1, 0.15) is 32.6 Å². The predicted molar refractivity (Wildman–Crippen MR) is 94.5 cm³/mol. The van der Waals surface area contributed by atoms with Gasteiger partial charge in [0.1, 0.15) is 13.0 Å². The van der Waals surface area contributed by atoms with Crippen molar-refractivity contribution >= 4 is 29.0 Å². The molecule has 0 bridgehead atoms. The summed E-state index contributed by atoms with van der Waals surface area (Å²) in [5, 5.41) is 9.22. The van der Waals surface area contributed by atoms with Crippen LogP contribution in [0.4, 0.5) is 10.5 Å². The number of amides is 2. The van der Waals surface area contributed by atoms with Crippen molar-refractivity contribution in [3.63, 3.8) is 0 Å². The molecule has 2 N–H and O–H groups in total. The highest BCUT2D eigenvalue weighted by molar-refractivity contribution is 6.22. The Labute approximate surface area is 146 Å². The van der Waals surface area contributed by atoms with Gasteiger partial charge in [0.25, 0.3) is 0 Å². The van der Waals surface area contributed by atoms with Crippen LogP contribution in [-0.4, -0.2) is 36.5 Å². The Morgan fingerprint density at radius 2 is 1.84 bits per heavy atom. The lowest BCUT2D eigenvalue weighted by Crippen LogP contribution is -2.48. The summed E-state index contributed by atoms with van der Waals surface area (Å²) in [6.45, 7) is 1.95. The smallest absolute Gasteiger partial charge is 0.319 e. The number of carbonyl (C=O) groups is 3. The van der Waals surface area contributed by atoms with E-state index in [-0.39, 0.29) is 24.4 Å². The minimum atomic E-state index is -0.852. The lowest BCUT2D eigenvalue weighted by Gasteiger charge is -2.27. The van der Waals surface area contributed by atoms with Crippen molar-refractivity contribution in [1.29, 1.82) is 0 Å². The van der Waals surface area contributed by atoms with Crippen molar-refractivity contribution in [1.82, 2.24) is 5.32 Å². The molecule has 0 saturated heterocycles. The first-order chi connectivity index (χ1) is 12.0. The maximum absolute atomic E-state index is 12.4.